The molecule has 0 radical (unpaired) electrons. The van der Waals surface area contributed by atoms with Crippen LogP contribution in [0.2, 0.25) is 5.02 Å². The molecule has 2 N–H and O–H groups in total. The molecule has 1 aliphatic heterocycles. The molecule has 1 aromatic rings. The van der Waals surface area contributed by atoms with E-state index in [4.69, 9.17) is 22.1 Å². The number of piperidine rings is 1. The van der Waals surface area contributed by atoms with Crippen molar-refractivity contribution in [1.82, 2.24) is 4.31 Å². The van der Waals surface area contributed by atoms with Crippen molar-refractivity contribution in [2.45, 2.75) is 31.2 Å². The highest BCUT2D eigenvalue weighted by Gasteiger charge is 2.38. The summed E-state index contributed by atoms with van der Waals surface area (Å²) in [5.41, 5.74) is 5.81. The van der Waals surface area contributed by atoms with E-state index in [9.17, 15) is 8.42 Å². The van der Waals surface area contributed by atoms with Gasteiger partial charge in [0.05, 0.1) is 17.0 Å². The quantitative estimate of drug-likeness (QED) is 0.920. The maximum absolute atomic E-state index is 12.7. The first kappa shape index (κ1) is 16.5. The fraction of sp³-hybridized carbons (Fsp3) is 0.571. The Morgan fingerprint density at radius 3 is 2.62 bits per heavy atom. The minimum absolute atomic E-state index is 0.00315. The van der Waals surface area contributed by atoms with Crippen LogP contribution in [0.4, 0.5) is 0 Å². The summed E-state index contributed by atoms with van der Waals surface area (Å²) >= 11 is 6.03. The smallest absolute Gasteiger partial charge is 0.243 e. The number of nitrogens with zero attached hydrogens (tertiary/aromatic N) is 1. The Bertz CT molecular complexity index is 631. The summed E-state index contributed by atoms with van der Waals surface area (Å²) in [6.07, 6.45) is 0.649. The molecule has 0 saturated carbocycles. The summed E-state index contributed by atoms with van der Waals surface area (Å²) in [5.74, 6) is 0.455. The molecule has 1 aromatic carbocycles. The second-order valence-electron chi connectivity index (χ2n) is 6.02. The fourth-order valence-electron chi connectivity index (χ4n) is 2.49. The summed E-state index contributed by atoms with van der Waals surface area (Å²) in [6.45, 7) is 4.80. The predicted octanol–water partition coefficient (Wildman–Crippen LogP) is 2.10. The van der Waals surface area contributed by atoms with Crippen LogP contribution in [0.3, 0.4) is 0 Å². The highest BCUT2D eigenvalue weighted by molar-refractivity contribution is 7.89. The Hall–Kier alpha value is -0.820. The molecule has 0 amide bonds. The van der Waals surface area contributed by atoms with Gasteiger partial charge in [0.25, 0.3) is 0 Å². The average Bonchev–Trinajstić information content (AvgIpc) is 2.41. The molecule has 1 atom stereocenters. The third kappa shape index (κ3) is 3.18. The number of ether oxygens (including phenoxy) is 1. The number of rotatable bonds is 3. The van der Waals surface area contributed by atoms with Gasteiger partial charge in [0.15, 0.2) is 0 Å². The lowest BCUT2D eigenvalue weighted by atomic mass is 9.81. The Labute approximate surface area is 131 Å². The number of nitrogens with two attached hydrogens (primary N) is 1. The molecular weight excluding hydrogens is 312 g/mol. The maximum Gasteiger partial charge on any atom is 0.243 e. The van der Waals surface area contributed by atoms with Gasteiger partial charge in [0.1, 0.15) is 5.75 Å². The summed E-state index contributed by atoms with van der Waals surface area (Å²) in [4.78, 5) is 0.180. The molecule has 1 heterocycles. The molecular formula is C14H21ClN2O3S. The highest BCUT2D eigenvalue weighted by Crippen LogP contribution is 2.33. The molecule has 1 unspecified atom stereocenters. The van der Waals surface area contributed by atoms with Crippen LogP contribution >= 0.6 is 11.6 Å². The topological polar surface area (TPSA) is 72.6 Å². The zero-order valence-electron chi connectivity index (χ0n) is 12.5. The molecule has 5 nitrogen and oxygen atoms in total. The van der Waals surface area contributed by atoms with E-state index >= 15 is 0 Å². The average molecular weight is 333 g/mol. The van der Waals surface area contributed by atoms with Crippen LogP contribution in [0.5, 0.6) is 5.75 Å². The Morgan fingerprint density at radius 2 is 2.10 bits per heavy atom. The third-order valence-electron chi connectivity index (χ3n) is 4.04. The Morgan fingerprint density at radius 1 is 1.43 bits per heavy atom. The first-order valence-electron chi connectivity index (χ1n) is 6.78. The third-order valence-corrected chi connectivity index (χ3v) is 6.17. The van der Waals surface area contributed by atoms with Gasteiger partial charge in [-0.15, -0.1) is 0 Å². The largest absolute Gasteiger partial charge is 0.495 e. The first-order valence-corrected chi connectivity index (χ1v) is 8.59. The first-order chi connectivity index (χ1) is 9.68. The van der Waals surface area contributed by atoms with Crippen LogP contribution in [-0.2, 0) is 10.0 Å². The molecule has 0 bridgehead atoms. The van der Waals surface area contributed by atoms with E-state index < -0.39 is 10.0 Å². The van der Waals surface area contributed by atoms with E-state index in [0.29, 0.717) is 25.3 Å². The summed E-state index contributed by atoms with van der Waals surface area (Å²) in [7, 11) is -2.08. The molecule has 0 aliphatic carbocycles. The SMILES string of the molecule is COc1ccc(S(=O)(=O)N2CCC(N)C(C)(C)C2)cc1Cl. The van der Waals surface area contributed by atoms with E-state index in [0.717, 1.165) is 0 Å². The molecule has 118 valence electrons. The van der Waals surface area contributed by atoms with Crippen molar-refractivity contribution in [2.75, 3.05) is 20.2 Å². The van der Waals surface area contributed by atoms with Crippen molar-refractivity contribution in [3.8, 4) is 5.75 Å². The van der Waals surface area contributed by atoms with Crippen LogP contribution in [0.25, 0.3) is 0 Å². The number of benzene rings is 1. The van der Waals surface area contributed by atoms with Crippen LogP contribution in [0, 0.1) is 5.41 Å². The van der Waals surface area contributed by atoms with Crippen molar-refractivity contribution >= 4 is 21.6 Å². The molecule has 0 spiro atoms. The summed E-state index contributed by atoms with van der Waals surface area (Å²) < 4.78 is 32.0. The number of halogens is 1. The number of hydrogen-bond donors (Lipinski definition) is 1. The van der Waals surface area contributed by atoms with Gasteiger partial charge >= 0.3 is 0 Å². The van der Waals surface area contributed by atoms with Gasteiger partial charge < -0.3 is 10.5 Å². The van der Waals surface area contributed by atoms with Crippen molar-refractivity contribution in [1.29, 1.82) is 0 Å². The Balaban J connectivity index is 2.32. The molecule has 0 aromatic heterocycles. The zero-order valence-corrected chi connectivity index (χ0v) is 14.0. The van der Waals surface area contributed by atoms with Crippen molar-refractivity contribution in [3.63, 3.8) is 0 Å². The zero-order chi connectivity index (χ0) is 15.8. The maximum atomic E-state index is 12.7. The van der Waals surface area contributed by atoms with Gasteiger partial charge in [-0.05, 0) is 30.0 Å². The van der Waals surface area contributed by atoms with Crippen LogP contribution in [0.1, 0.15) is 20.3 Å². The van der Waals surface area contributed by atoms with E-state index in [2.05, 4.69) is 0 Å². The van der Waals surface area contributed by atoms with Gasteiger partial charge in [-0.25, -0.2) is 8.42 Å². The van der Waals surface area contributed by atoms with Crippen LogP contribution < -0.4 is 10.5 Å². The van der Waals surface area contributed by atoms with Gasteiger partial charge in [-0.2, -0.15) is 4.31 Å². The van der Waals surface area contributed by atoms with Crippen molar-refractivity contribution in [2.24, 2.45) is 11.1 Å². The lowest BCUT2D eigenvalue weighted by molar-refractivity contribution is 0.155. The fourth-order valence-corrected chi connectivity index (χ4v) is 4.46. The molecule has 2 rings (SSSR count). The normalized spacial score (nSPS) is 23.0. The second-order valence-corrected chi connectivity index (χ2v) is 8.36. The van der Waals surface area contributed by atoms with Crippen LogP contribution in [0.15, 0.2) is 23.1 Å². The minimum Gasteiger partial charge on any atom is -0.495 e. The van der Waals surface area contributed by atoms with E-state index in [1.807, 2.05) is 13.8 Å². The van der Waals surface area contributed by atoms with Crippen molar-refractivity contribution in [3.05, 3.63) is 23.2 Å². The molecule has 1 fully saturated rings. The van der Waals surface area contributed by atoms with Crippen LogP contribution in [-0.4, -0.2) is 39.0 Å². The molecule has 1 aliphatic rings. The Kier molecular flexibility index (Phi) is 4.54. The molecule has 1 saturated heterocycles. The summed E-state index contributed by atoms with van der Waals surface area (Å²) in [6, 6.07) is 4.51. The highest BCUT2D eigenvalue weighted by atomic mass is 35.5. The molecule has 7 heteroatoms. The van der Waals surface area contributed by atoms with Gasteiger partial charge in [0.2, 0.25) is 10.0 Å². The lowest BCUT2D eigenvalue weighted by Crippen LogP contribution is -2.53. The van der Waals surface area contributed by atoms with E-state index in [1.54, 1.807) is 6.07 Å². The lowest BCUT2D eigenvalue weighted by Gasteiger charge is -2.41. The van der Waals surface area contributed by atoms with E-state index in [-0.39, 0.29) is 21.4 Å². The summed E-state index contributed by atoms with van der Waals surface area (Å²) in [5, 5.41) is 0.284. The minimum atomic E-state index is -3.57. The second kappa shape index (κ2) is 5.76. The van der Waals surface area contributed by atoms with Gasteiger partial charge in [-0.1, -0.05) is 25.4 Å². The van der Waals surface area contributed by atoms with Gasteiger partial charge in [-0.3, -0.25) is 0 Å². The van der Waals surface area contributed by atoms with Gasteiger partial charge in [0, 0.05) is 19.1 Å². The number of methoxy groups -OCH3 is 1. The van der Waals surface area contributed by atoms with E-state index in [1.165, 1.54) is 23.5 Å². The predicted molar refractivity (Wildman–Crippen MR) is 83.1 cm³/mol. The number of hydrogen-bond acceptors (Lipinski definition) is 4. The standard InChI is InChI=1S/C14H21ClN2O3S/c1-14(2)9-17(7-6-13(14)16)21(18,19)10-4-5-12(20-3)11(15)8-10/h4-5,8,13H,6-7,9,16H2,1-3H3. The van der Waals surface area contributed by atoms with Crippen molar-refractivity contribution < 1.29 is 13.2 Å². The monoisotopic (exact) mass is 332 g/mol. The number of sulfonamides is 1. The molecule has 21 heavy (non-hydrogen) atoms.